The van der Waals surface area contributed by atoms with E-state index in [2.05, 4.69) is 21.7 Å². The topological polar surface area (TPSA) is 47.1 Å². The minimum Gasteiger partial charge on any atom is -0.337 e. The monoisotopic (exact) mass is 230 g/mol. The van der Waals surface area contributed by atoms with E-state index in [0.29, 0.717) is 0 Å². The molecule has 0 amide bonds. The summed E-state index contributed by atoms with van der Waals surface area (Å²) in [7, 11) is 0. The molecule has 0 aliphatic carbocycles. The summed E-state index contributed by atoms with van der Waals surface area (Å²) in [6.07, 6.45) is 6.62. The van der Waals surface area contributed by atoms with E-state index in [1.807, 2.05) is 35.7 Å². The highest BCUT2D eigenvalue weighted by Gasteiger charge is 2.00. The van der Waals surface area contributed by atoms with Crippen LogP contribution in [0.15, 0.2) is 49.1 Å². The second kappa shape index (κ2) is 6.18. The van der Waals surface area contributed by atoms with Crippen molar-refractivity contribution < 1.29 is 0 Å². The lowest BCUT2D eigenvalue weighted by molar-refractivity contribution is 0.265. The average molecular weight is 230 g/mol. The first kappa shape index (κ1) is 11.8. The molecule has 0 saturated heterocycles. The predicted molar refractivity (Wildman–Crippen MR) is 67.9 cm³/mol. The van der Waals surface area contributed by atoms with E-state index in [0.717, 1.165) is 26.1 Å². The molecule has 1 aromatic carbocycles. The van der Waals surface area contributed by atoms with Crippen LogP contribution in [0.5, 0.6) is 0 Å². The molecular weight excluding hydrogens is 212 g/mol. The van der Waals surface area contributed by atoms with Crippen molar-refractivity contribution in [2.45, 2.75) is 19.5 Å². The van der Waals surface area contributed by atoms with Gasteiger partial charge in [-0.3, -0.25) is 5.84 Å². The first-order valence-corrected chi connectivity index (χ1v) is 5.84. The van der Waals surface area contributed by atoms with Gasteiger partial charge in [0.25, 0.3) is 0 Å². The number of rotatable bonds is 6. The number of hydrogen-bond donors (Lipinski definition) is 1. The van der Waals surface area contributed by atoms with Crippen LogP contribution in [0.1, 0.15) is 12.0 Å². The van der Waals surface area contributed by atoms with Crippen LogP contribution in [0, 0.1) is 0 Å². The van der Waals surface area contributed by atoms with Gasteiger partial charge in [-0.25, -0.2) is 9.99 Å². The standard InChI is InChI=1S/C13H18N4/c14-17(11-13-5-2-1-3-6-13)9-4-8-16-10-7-15-12-16/h1-3,5-7,10,12H,4,8-9,11,14H2. The van der Waals surface area contributed by atoms with Crippen molar-refractivity contribution in [2.75, 3.05) is 6.54 Å². The summed E-state index contributed by atoms with van der Waals surface area (Å²) < 4.78 is 2.07. The minimum absolute atomic E-state index is 0.796. The third-order valence-electron chi connectivity index (χ3n) is 2.65. The Kier molecular flexibility index (Phi) is 4.30. The number of hydrogen-bond acceptors (Lipinski definition) is 3. The summed E-state index contributed by atoms with van der Waals surface area (Å²) in [4.78, 5) is 4.01. The molecule has 0 spiro atoms. The van der Waals surface area contributed by atoms with Crippen LogP contribution in [0.2, 0.25) is 0 Å². The van der Waals surface area contributed by atoms with Crippen molar-refractivity contribution in [3.63, 3.8) is 0 Å². The van der Waals surface area contributed by atoms with Gasteiger partial charge in [0.2, 0.25) is 0 Å². The molecular formula is C13H18N4. The Morgan fingerprint density at radius 1 is 1.24 bits per heavy atom. The molecule has 0 saturated carbocycles. The van der Waals surface area contributed by atoms with E-state index in [1.165, 1.54) is 5.56 Å². The second-order valence-corrected chi connectivity index (χ2v) is 4.11. The summed E-state index contributed by atoms with van der Waals surface area (Å²) >= 11 is 0. The summed E-state index contributed by atoms with van der Waals surface area (Å²) in [5.74, 6) is 5.95. The van der Waals surface area contributed by atoms with Gasteiger partial charge in [-0.05, 0) is 12.0 Å². The van der Waals surface area contributed by atoms with Crippen molar-refractivity contribution >= 4 is 0 Å². The Morgan fingerprint density at radius 3 is 2.76 bits per heavy atom. The van der Waals surface area contributed by atoms with Gasteiger partial charge in [0.15, 0.2) is 0 Å². The smallest absolute Gasteiger partial charge is 0.0945 e. The Labute approximate surface area is 102 Å². The molecule has 1 heterocycles. The molecule has 0 aliphatic rings. The van der Waals surface area contributed by atoms with Crippen LogP contribution in [0.3, 0.4) is 0 Å². The van der Waals surface area contributed by atoms with Gasteiger partial charge in [-0.1, -0.05) is 30.3 Å². The zero-order chi connectivity index (χ0) is 11.9. The van der Waals surface area contributed by atoms with E-state index in [1.54, 1.807) is 6.20 Å². The van der Waals surface area contributed by atoms with Crippen LogP contribution in [-0.2, 0) is 13.1 Å². The largest absolute Gasteiger partial charge is 0.337 e. The molecule has 0 bridgehead atoms. The van der Waals surface area contributed by atoms with Crippen LogP contribution < -0.4 is 5.84 Å². The molecule has 2 rings (SSSR count). The van der Waals surface area contributed by atoms with Crippen LogP contribution in [0.4, 0.5) is 0 Å². The minimum atomic E-state index is 0.796. The third kappa shape index (κ3) is 4.01. The summed E-state index contributed by atoms with van der Waals surface area (Å²) in [6.45, 7) is 2.64. The van der Waals surface area contributed by atoms with E-state index in [9.17, 15) is 0 Å². The number of aromatic nitrogens is 2. The Bertz CT molecular complexity index is 410. The van der Waals surface area contributed by atoms with Crippen molar-refractivity contribution in [1.82, 2.24) is 14.6 Å². The third-order valence-corrected chi connectivity index (χ3v) is 2.65. The Balaban J connectivity index is 1.69. The van der Waals surface area contributed by atoms with Crippen molar-refractivity contribution in [3.05, 3.63) is 54.6 Å². The van der Waals surface area contributed by atoms with Crippen LogP contribution in [0.25, 0.3) is 0 Å². The Hall–Kier alpha value is -1.65. The van der Waals surface area contributed by atoms with Gasteiger partial charge in [0.05, 0.1) is 6.33 Å². The van der Waals surface area contributed by atoms with Gasteiger partial charge in [-0.2, -0.15) is 0 Å². The zero-order valence-corrected chi connectivity index (χ0v) is 9.87. The van der Waals surface area contributed by atoms with E-state index >= 15 is 0 Å². The van der Waals surface area contributed by atoms with Crippen molar-refractivity contribution in [2.24, 2.45) is 5.84 Å². The molecule has 0 unspecified atom stereocenters. The lowest BCUT2D eigenvalue weighted by atomic mass is 10.2. The Morgan fingerprint density at radius 2 is 2.06 bits per heavy atom. The summed E-state index contributed by atoms with van der Waals surface area (Å²) in [6, 6.07) is 10.3. The molecule has 4 nitrogen and oxygen atoms in total. The SMILES string of the molecule is NN(CCCn1ccnc1)Cc1ccccc1. The van der Waals surface area contributed by atoms with Gasteiger partial charge in [0, 0.05) is 32.0 Å². The highest BCUT2D eigenvalue weighted by atomic mass is 15.4. The highest BCUT2D eigenvalue weighted by molar-refractivity contribution is 5.14. The molecule has 2 aromatic rings. The lowest BCUT2D eigenvalue weighted by Crippen LogP contribution is -2.31. The summed E-state index contributed by atoms with van der Waals surface area (Å²) in [5.41, 5.74) is 1.25. The predicted octanol–water partition coefficient (Wildman–Crippen LogP) is 1.65. The quantitative estimate of drug-likeness (QED) is 0.606. The van der Waals surface area contributed by atoms with Crippen molar-refractivity contribution in [3.8, 4) is 0 Å². The maximum absolute atomic E-state index is 5.95. The lowest BCUT2D eigenvalue weighted by Gasteiger charge is -2.16. The first-order valence-electron chi connectivity index (χ1n) is 5.84. The van der Waals surface area contributed by atoms with Gasteiger partial charge in [-0.15, -0.1) is 0 Å². The van der Waals surface area contributed by atoms with E-state index < -0.39 is 0 Å². The molecule has 1 aromatic heterocycles. The molecule has 17 heavy (non-hydrogen) atoms. The number of aryl methyl sites for hydroxylation is 1. The maximum atomic E-state index is 5.95. The number of nitrogens with zero attached hydrogens (tertiary/aromatic N) is 3. The molecule has 0 radical (unpaired) electrons. The van der Waals surface area contributed by atoms with Gasteiger partial charge < -0.3 is 4.57 Å². The fourth-order valence-corrected chi connectivity index (χ4v) is 1.77. The van der Waals surface area contributed by atoms with Gasteiger partial charge in [0.1, 0.15) is 0 Å². The maximum Gasteiger partial charge on any atom is 0.0945 e. The number of imidazole rings is 1. The van der Waals surface area contributed by atoms with Gasteiger partial charge >= 0.3 is 0 Å². The molecule has 4 heteroatoms. The van der Waals surface area contributed by atoms with Crippen LogP contribution >= 0.6 is 0 Å². The van der Waals surface area contributed by atoms with E-state index in [4.69, 9.17) is 5.84 Å². The highest BCUT2D eigenvalue weighted by Crippen LogP contribution is 2.02. The molecule has 90 valence electrons. The first-order chi connectivity index (χ1) is 8.34. The number of benzene rings is 1. The molecule has 0 fully saturated rings. The van der Waals surface area contributed by atoms with Crippen LogP contribution in [-0.4, -0.2) is 21.1 Å². The number of hydrazine groups is 1. The van der Waals surface area contributed by atoms with E-state index in [-0.39, 0.29) is 0 Å². The average Bonchev–Trinajstić information content (AvgIpc) is 2.83. The fraction of sp³-hybridized carbons (Fsp3) is 0.308. The molecule has 2 N–H and O–H groups in total. The normalized spacial score (nSPS) is 10.9. The number of nitrogens with two attached hydrogens (primary N) is 1. The molecule has 0 atom stereocenters. The second-order valence-electron chi connectivity index (χ2n) is 4.11. The zero-order valence-electron chi connectivity index (χ0n) is 9.87. The van der Waals surface area contributed by atoms with Crippen molar-refractivity contribution in [1.29, 1.82) is 0 Å². The molecule has 0 aliphatic heterocycles. The fourth-order valence-electron chi connectivity index (χ4n) is 1.77. The summed E-state index contributed by atoms with van der Waals surface area (Å²) in [5, 5.41) is 1.85.